The van der Waals surface area contributed by atoms with E-state index in [1.807, 2.05) is 35.6 Å². The number of aromatic nitrogens is 3. The van der Waals surface area contributed by atoms with Gasteiger partial charge < -0.3 is 13.9 Å². The van der Waals surface area contributed by atoms with Crippen molar-refractivity contribution in [2.45, 2.75) is 37.6 Å². The maximum Gasteiger partial charge on any atom is 0.235 e. The van der Waals surface area contributed by atoms with Crippen molar-refractivity contribution in [1.29, 1.82) is 0 Å². The highest BCUT2D eigenvalue weighted by atomic mass is 32.2. The quantitative estimate of drug-likeness (QED) is 0.795. The second-order valence-corrected chi connectivity index (χ2v) is 8.10. The summed E-state index contributed by atoms with van der Waals surface area (Å²) in [6.45, 7) is 8.07. The number of carbonyl (C=O) groups is 1. The Hall–Kier alpha value is -1.76. The number of likely N-dealkylation sites (tertiary alicyclic amines) is 1. The van der Waals surface area contributed by atoms with Crippen LogP contribution < -0.4 is 0 Å². The predicted octanol–water partition coefficient (Wildman–Crippen LogP) is 3.06. The standard InChI is InChI=1S/C17H24N4O2S/c1-11-8-12(2)10-21(9-11)16(22)13(3)24-17-19-18-15(20(17)4)14-6-5-7-23-14/h5-7,11-13H,8-10H2,1-4H3/t11-,12-,13+/m1/s1. The van der Waals surface area contributed by atoms with E-state index in [9.17, 15) is 4.79 Å². The highest BCUT2D eigenvalue weighted by molar-refractivity contribution is 8.00. The van der Waals surface area contributed by atoms with E-state index >= 15 is 0 Å². The van der Waals surface area contributed by atoms with Crippen LogP contribution in [0.4, 0.5) is 0 Å². The maximum absolute atomic E-state index is 12.8. The fourth-order valence-electron chi connectivity index (χ4n) is 3.35. The lowest BCUT2D eigenvalue weighted by atomic mass is 9.92. The number of hydrogen-bond acceptors (Lipinski definition) is 5. The van der Waals surface area contributed by atoms with Crippen LogP contribution in [0.3, 0.4) is 0 Å². The van der Waals surface area contributed by atoms with E-state index in [1.165, 1.54) is 18.2 Å². The van der Waals surface area contributed by atoms with E-state index < -0.39 is 0 Å². The molecule has 0 N–H and O–H groups in total. The topological polar surface area (TPSA) is 64.2 Å². The Morgan fingerprint density at radius 2 is 2.04 bits per heavy atom. The molecule has 0 bridgehead atoms. The zero-order chi connectivity index (χ0) is 17.3. The Morgan fingerprint density at radius 3 is 2.67 bits per heavy atom. The fraction of sp³-hybridized carbons (Fsp3) is 0.588. The summed E-state index contributed by atoms with van der Waals surface area (Å²) in [4.78, 5) is 14.8. The second kappa shape index (κ2) is 7.01. The monoisotopic (exact) mass is 348 g/mol. The van der Waals surface area contributed by atoms with E-state index in [0.717, 1.165) is 18.2 Å². The molecule has 7 heteroatoms. The first-order chi connectivity index (χ1) is 11.5. The average Bonchev–Trinajstić information content (AvgIpc) is 3.16. The lowest BCUT2D eigenvalue weighted by Crippen LogP contribution is -2.45. The summed E-state index contributed by atoms with van der Waals surface area (Å²) >= 11 is 1.45. The van der Waals surface area contributed by atoms with Crippen LogP contribution in [-0.2, 0) is 11.8 Å². The van der Waals surface area contributed by atoms with Crippen LogP contribution in [-0.4, -0.2) is 43.9 Å². The first kappa shape index (κ1) is 17.1. The van der Waals surface area contributed by atoms with E-state index in [2.05, 4.69) is 24.0 Å². The summed E-state index contributed by atoms with van der Waals surface area (Å²) in [5, 5.41) is 8.93. The molecule has 24 heavy (non-hydrogen) atoms. The molecular formula is C17H24N4O2S. The number of rotatable bonds is 4. The molecule has 3 heterocycles. The van der Waals surface area contributed by atoms with Gasteiger partial charge in [-0.25, -0.2) is 0 Å². The molecule has 0 aliphatic carbocycles. The SMILES string of the molecule is C[C@@H]1C[C@@H](C)CN(C(=O)[C@H](C)Sc2nnc(-c3ccco3)n2C)C1. The summed E-state index contributed by atoms with van der Waals surface area (Å²) in [6, 6.07) is 3.67. The summed E-state index contributed by atoms with van der Waals surface area (Å²) in [7, 11) is 1.89. The molecule has 0 aromatic carbocycles. The van der Waals surface area contributed by atoms with Gasteiger partial charge in [-0.15, -0.1) is 10.2 Å². The number of thioether (sulfide) groups is 1. The molecule has 1 amide bonds. The molecule has 0 saturated carbocycles. The third-order valence-electron chi connectivity index (χ3n) is 4.39. The number of piperidine rings is 1. The van der Waals surface area contributed by atoms with Crippen LogP contribution in [0, 0.1) is 11.8 Å². The molecule has 130 valence electrons. The van der Waals surface area contributed by atoms with Crippen LogP contribution in [0.5, 0.6) is 0 Å². The van der Waals surface area contributed by atoms with Crippen molar-refractivity contribution in [3.8, 4) is 11.6 Å². The minimum Gasteiger partial charge on any atom is -0.461 e. The zero-order valence-corrected chi connectivity index (χ0v) is 15.4. The summed E-state index contributed by atoms with van der Waals surface area (Å²) in [5.41, 5.74) is 0. The molecule has 6 nitrogen and oxygen atoms in total. The van der Waals surface area contributed by atoms with Gasteiger partial charge in [0.2, 0.25) is 5.91 Å². The minimum atomic E-state index is -0.185. The number of amides is 1. The molecule has 1 fully saturated rings. The van der Waals surface area contributed by atoms with E-state index in [4.69, 9.17) is 4.42 Å². The zero-order valence-electron chi connectivity index (χ0n) is 14.6. The van der Waals surface area contributed by atoms with Crippen LogP contribution >= 0.6 is 11.8 Å². The van der Waals surface area contributed by atoms with Gasteiger partial charge in [0.15, 0.2) is 16.7 Å². The van der Waals surface area contributed by atoms with Crippen molar-refractivity contribution >= 4 is 17.7 Å². The third kappa shape index (κ3) is 3.50. The molecule has 0 unspecified atom stereocenters. The Labute approximate surface area is 146 Å². The van der Waals surface area contributed by atoms with Gasteiger partial charge in [-0.3, -0.25) is 4.79 Å². The van der Waals surface area contributed by atoms with Gasteiger partial charge in [0.1, 0.15) is 0 Å². The molecular weight excluding hydrogens is 324 g/mol. The van der Waals surface area contributed by atoms with Gasteiger partial charge in [0.25, 0.3) is 0 Å². The third-order valence-corrected chi connectivity index (χ3v) is 5.51. The minimum absolute atomic E-state index is 0.181. The lowest BCUT2D eigenvalue weighted by molar-refractivity contribution is -0.132. The van der Waals surface area contributed by atoms with E-state index in [1.54, 1.807) is 6.26 Å². The van der Waals surface area contributed by atoms with Crippen LogP contribution in [0.2, 0.25) is 0 Å². The molecule has 2 aromatic heterocycles. The van der Waals surface area contributed by atoms with Crippen molar-refractivity contribution in [1.82, 2.24) is 19.7 Å². The molecule has 2 aromatic rings. The second-order valence-electron chi connectivity index (χ2n) is 6.79. The van der Waals surface area contributed by atoms with Crippen LogP contribution in [0.15, 0.2) is 28.0 Å². The Morgan fingerprint density at radius 1 is 1.33 bits per heavy atom. The first-order valence-electron chi connectivity index (χ1n) is 8.34. The molecule has 3 atom stereocenters. The van der Waals surface area contributed by atoms with Crippen molar-refractivity contribution in [2.24, 2.45) is 18.9 Å². The summed E-state index contributed by atoms with van der Waals surface area (Å²) in [5.74, 6) is 2.66. The first-order valence-corrected chi connectivity index (χ1v) is 9.22. The Bertz CT molecular complexity index is 688. The Balaban J connectivity index is 1.68. The fourth-order valence-corrected chi connectivity index (χ4v) is 4.25. The number of furan rings is 1. The Kier molecular flexibility index (Phi) is 4.99. The highest BCUT2D eigenvalue weighted by Crippen LogP contribution is 2.28. The summed E-state index contributed by atoms with van der Waals surface area (Å²) in [6.07, 6.45) is 2.81. The maximum atomic E-state index is 12.8. The normalized spacial score (nSPS) is 22.6. The van der Waals surface area contributed by atoms with Crippen molar-refractivity contribution < 1.29 is 9.21 Å². The predicted molar refractivity (Wildman–Crippen MR) is 93.5 cm³/mol. The lowest BCUT2D eigenvalue weighted by Gasteiger charge is -2.36. The number of carbonyl (C=O) groups excluding carboxylic acids is 1. The van der Waals surface area contributed by atoms with Gasteiger partial charge in [0.05, 0.1) is 11.5 Å². The largest absolute Gasteiger partial charge is 0.461 e. The molecule has 3 rings (SSSR count). The molecule has 1 aliphatic heterocycles. The van der Waals surface area contributed by atoms with E-state index in [-0.39, 0.29) is 11.2 Å². The van der Waals surface area contributed by atoms with E-state index in [0.29, 0.717) is 23.4 Å². The smallest absolute Gasteiger partial charge is 0.235 e. The summed E-state index contributed by atoms with van der Waals surface area (Å²) < 4.78 is 7.25. The van der Waals surface area contributed by atoms with Crippen LogP contribution in [0.25, 0.3) is 11.6 Å². The van der Waals surface area contributed by atoms with Crippen LogP contribution in [0.1, 0.15) is 27.2 Å². The van der Waals surface area contributed by atoms with Gasteiger partial charge in [-0.05, 0) is 37.3 Å². The number of hydrogen-bond donors (Lipinski definition) is 0. The van der Waals surface area contributed by atoms with Gasteiger partial charge >= 0.3 is 0 Å². The molecule has 1 saturated heterocycles. The van der Waals surface area contributed by atoms with Crippen molar-refractivity contribution in [3.63, 3.8) is 0 Å². The molecule has 1 aliphatic rings. The van der Waals surface area contributed by atoms with Crippen molar-refractivity contribution in [2.75, 3.05) is 13.1 Å². The highest BCUT2D eigenvalue weighted by Gasteiger charge is 2.29. The molecule has 0 spiro atoms. The average molecular weight is 348 g/mol. The van der Waals surface area contributed by atoms with Gasteiger partial charge in [-0.2, -0.15) is 0 Å². The van der Waals surface area contributed by atoms with Gasteiger partial charge in [0, 0.05) is 20.1 Å². The van der Waals surface area contributed by atoms with Crippen molar-refractivity contribution in [3.05, 3.63) is 18.4 Å². The van der Waals surface area contributed by atoms with Gasteiger partial charge in [-0.1, -0.05) is 25.6 Å². The number of nitrogens with zero attached hydrogens (tertiary/aromatic N) is 4. The molecule has 0 radical (unpaired) electrons.